The molecule has 0 bridgehead atoms. The molecular weight excluding hydrogens is 338 g/mol. The minimum absolute atomic E-state index is 0.0145. The Morgan fingerprint density at radius 1 is 1.12 bits per heavy atom. The highest BCUT2D eigenvalue weighted by molar-refractivity contribution is 8.41. The quantitative estimate of drug-likeness (QED) is 0.606. The van der Waals surface area contributed by atoms with Gasteiger partial charge in [0.05, 0.1) is 17.6 Å². The molecule has 0 fully saturated rings. The van der Waals surface area contributed by atoms with Crippen molar-refractivity contribution in [2.45, 2.75) is 11.9 Å². The van der Waals surface area contributed by atoms with E-state index in [9.17, 15) is 20.1 Å². The zero-order valence-corrected chi connectivity index (χ0v) is 14.2. The first-order valence-electron chi connectivity index (χ1n) is 7.15. The second kappa shape index (κ2) is 7.47. The summed E-state index contributed by atoms with van der Waals surface area (Å²) in [6.45, 7) is 1.50. The predicted molar refractivity (Wildman–Crippen MR) is 95.1 cm³/mol. The molecule has 1 heterocycles. The molecule has 1 aromatic heterocycles. The van der Waals surface area contributed by atoms with Gasteiger partial charge in [-0.15, -0.1) is 0 Å². The van der Waals surface area contributed by atoms with E-state index in [2.05, 4.69) is 10.3 Å². The molecule has 0 unspecified atom stereocenters. The third kappa shape index (κ3) is 4.14. The maximum absolute atomic E-state index is 11.3. The van der Waals surface area contributed by atoms with E-state index in [4.69, 9.17) is 5.73 Å². The number of thiocyanates is 2. The van der Waals surface area contributed by atoms with Crippen molar-refractivity contribution in [2.75, 3.05) is 11.1 Å². The number of anilines is 2. The van der Waals surface area contributed by atoms with Gasteiger partial charge in [0.2, 0.25) is 5.91 Å². The van der Waals surface area contributed by atoms with Gasteiger partial charge in [-0.3, -0.25) is 9.59 Å². The lowest BCUT2D eigenvalue weighted by Gasteiger charge is -2.21. The number of hydrogen-bond acceptors (Lipinski definition) is 6. The molecule has 0 aliphatic rings. The maximum atomic E-state index is 11.3. The van der Waals surface area contributed by atoms with Gasteiger partial charge < -0.3 is 11.1 Å². The highest BCUT2D eigenvalue weighted by Gasteiger charge is 2.30. The Hall–Kier alpha value is -3.36. The number of nitrogens with one attached hydrogen (secondary N) is 1. The van der Waals surface area contributed by atoms with Gasteiger partial charge in [0.1, 0.15) is 15.8 Å². The summed E-state index contributed by atoms with van der Waals surface area (Å²) in [5, 5.41) is 25.8. The molecule has 8 heteroatoms. The zero-order valence-electron chi connectivity index (χ0n) is 13.4. The first kappa shape index (κ1) is 18.0. The highest BCUT2D eigenvalue weighted by atomic mass is 32.3. The van der Waals surface area contributed by atoms with E-state index in [-0.39, 0.29) is 16.6 Å². The van der Waals surface area contributed by atoms with E-state index in [1.54, 1.807) is 30.3 Å². The molecule has 3 N–H and O–H groups in total. The minimum Gasteiger partial charge on any atom is -0.369 e. The Labute approximate surface area is 146 Å². The van der Waals surface area contributed by atoms with Crippen LogP contribution in [0.4, 0.5) is 11.4 Å². The van der Waals surface area contributed by atoms with Crippen LogP contribution in [0.3, 0.4) is 0 Å². The standard InChI is InChI=1S/C17H15N5O2S/c1-12(23)13-2-4-14(5-3-13)22-15-6-7-17(21-8-15)25(10-18,11-19)9-16(20)24/h2-8,22H,9H2,1H3,(H2,20,24). The minimum atomic E-state index is -2.69. The Balaban J connectivity index is 2.22. The van der Waals surface area contributed by atoms with E-state index in [0.29, 0.717) is 11.3 Å². The van der Waals surface area contributed by atoms with E-state index in [1.807, 2.05) is 10.8 Å². The largest absolute Gasteiger partial charge is 0.369 e. The molecule has 1 aromatic carbocycles. The molecule has 2 rings (SSSR count). The van der Waals surface area contributed by atoms with Crippen LogP contribution in [-0.2, 0) is 4.79 Å². The maximum Gasteiger partial charge on any atom is 0.228 e. The van der Waals surface area contributed by atoms with Crippen LogP contribution in [0.25, 0.3) is 0 Å². The Bertz CT molecular complexity index is 865. The van der Waals surface area contributed by atoms with E-state index in [0.717, 1.165) is 5.69 Å². The molecule has 0 aliphatic heterocycles. The zero-order chi connectivity index (χ0) is 18.4. The van der Waals surface area contributed by atoms with Crippen molar-refractivity contribution in [1.29, 1.82) is 10.5 Å². The molecule has 0 spiro atoms. The number of pyridine rings is 1. The molecule has 126 valence electrons. The Kier molecular flexibility index (Phi) is 5.38. The molecule has 7 nitrogen and oxygen atoms in total. The van der Waals surface area contributed by atoms with Gasteiger partial charge in [-0.1, -0.05) is 0 Å². The molecule has 0 aliphatic carbocycles. The molecule has 0 saturated carbocycles. The number of Topliss-reactive ketones (excluding diaryl/α,β-unsaturated/α-hetero) is 1. The molecule has 25 heavy (non-hydrogen) atoms. The van der Waals surface area contributed by atoms with Crippen LogP contribution in [0.2, 0.25) is 0 Å². The normalized spacial score (nSPS) is 11.0. The van der Waals surface area contributed by atoms with Crippen molar-refractivity contribution >= 4 is 33.1 Å². The van der Waals surface area contributed by atoms with E-state index >= 15 is 0 Å². The first-order valence-corrected chi connectivity index (χ1v) is 8.95. The fourth-order valence-electron chi connectivity index (χ4n) is 2.08. The smallest absolute Gasteiger partial charge is 0.228 e. The second-order valence-electron chi connectivity index (χ2n) is 5.18. The SMILES string of the molecule is CC(=O)c1ccc(Nc2ccc(S(C#N)(C#N)CC(N)=O)nc2)cc1. The molecule has 0 saturated heterocycles. The van der Waals surface area contributed by atoms with Crippen molar-refractivity contribution in [3.05, 3.63) is 48.2 Å². The number of ketones is 1. The number of nitriles is 2. The van der Waals surface area contributed by atoms with Gasteiger partial charge in [0.15, 0.2) is 5.78 Å². The summed E-state index contributed by atoms with van der Waals surface area (Å²) in [7, 11) is -2.69. The number of benzene rings is 1. The Morgan fingerprint density at radius 3 is 2.16 bits per heavy atom. The van der Waals surface area contributed by atoms with Crippen LogP contribution >= 0.6 is 10.0 Å². The van der Waals surface area contributed by atoms with Crippen LogP contribution < -0.4 is 11.1 Å². The summed E-state index contributed by atoms with van der Waals surface area (Å²) in [4.78, 5) is 26.6. The number of rotatable bonds is 6. The van der Waals surface area contributed by atoms with Crippen LogP contribution in [0, 0.1) is 21.3 Å². The lowest BCUT2D eigenvalue weighted by atomic mass is 10.1. The van der Waals surface area contributed by atoms with Crippen molar-refractivity contribution < 1.29 is 9.59 Å². The number of carbonyl (C=O) groups excluding carboxylic acids is 2. The van der Waals surface area contributed by atoms with Gasteiger partial charge in [-0.2, -0.15) is 10.5 Å². The summed E-state index contributed by atoms with van der Waals surface area (Å²) in [6, 6.07) is 10.1. The van der Waals surface area contributed by atoms with Crippen LogP contribution in [0.15, 0.2) is 47.6 Å². The van der Waals surface area contributed by atoms with Crippen molar-refractivity contribution in [3.8, 4) is 10.8 Å². The van der Waals surface area contributed by atoms with Crippen molar-refractivity contribution in [2.24, 2.45) is 5.73 Å². The molecular formula is C17H15N5O2S. The summed E-state index contributed by atoms with van der Waals surface area (Å²) in [5.74, 6) is -1.07. The van der Waals surface area contributed by atoms with Gasteiger partial charge in [0, 0.05) is 11.3 Å². The number of hydrogen-bond donors (Lipinski definition) is 2. The first-order chi connectivity index (χ1) is 11.9. The van der Waals surface area contributed by atoms with Gasteiger partial charge >= 0.3 is 0 Å². The molecule has 1 amide bonds. The fourth-order valence-corrected chi connectivity index (χ4v) is 3.55. The van der Waals surface area contributed by atoms with Gasteiger partial charge in [0.25, 0.3) is 0 Å². The molecule has 2 aromatic rings. The van der Waals surface area contributed by atoms with Crippen molar-refractivity contribution in [3.63, 3.8) is 0 Å². The molecule has 0 atom stereocenters. The summed E-state index contributed by atoms with van der Waals surface area (Å²) in [6.07, 6.45) is 1.48. The highest BCUT2D eigenvalue weighted by Crippen LogP contribution is 2.52. The Morgan fingerprint density at radius 2 is 1.72 bits per heavy atom. The average Bonchev–Trinajstić information content (AvgIpc) is 2.61. The number of nitrogens with zero attached hydrogens (tertiary/aromatic N) is 3. The van der Waals surface area contributed by atoms with Crippen molar-refractivity contribution in [1.82, 2.24) is 4.98 Å². The summed E-state index contributed by atoms with van der Waals surface area (Å²) >= 11 is 0. The van der Waals surface area contributed by atoms with Gasteiger partial charge in [-0.25, -0.2) is 4.98 Å². The van der Waals surface area contributed by atoms with Crippen LogP contribution in [0.1, 0.15) is 17.3 Å². The molecule has 0 radical (unpaired) electrons. The van der Waals surface area contributed by atoms with Crippen LogP contribution in [0.5, 0.6) is 0 Å². The monoisotopic (exact) mass is 353 g/mol. The number of amides is 1. The van der Waals surface area contributed by atoms with Gasteiger partial charge in [-0.05, 0) is 53.4 Å². The average molecular weight is 353 g/mol. The third-order valence-corrected chi connectivity index (χ3v) is 5.64. The number of nitrogens with two attached hydrogens (primary N) is 1. The third-order valence-electron chi connectivity index (χ3n) is 3.34. The predicted octanol–water partition coefficient (Wildman–Crippen LogP) is 2.64. The number of aromatic nitrogens is 1. The summed E-state index contributed by atoms with van der Waals surface area (Å²) in [5.41, 5.74) is 7.16. The van der Waals surface area contributed by atoms with E-state index in [1.165, 1.54) is 19.2 Å². The number of carbonyl (C=O) groups is 2. The lowest BCUT2D eigenvalue weighted by molar-refractivity contribution is -0.115. The second-order valence-corrected chi connectivity index (χ2v) is 7.73. The lowest BCUT2D eigenvalue weighted by Crippen LogP contribution is -2.20. The summed E-state index contributed by atoms with van der Waals surface area (Å²) < 4.78 is 0. The number of primary amides is 1. The fraction of sp³-hybridized carbons (Fsp3) is 0.118. The topological polar surface area (TPSA) is 133 Å². The van der Waals surface area contributed by atoms with Crippen LogP contribution in [-0.4, -0.2) is 22.4 Å². The van der Waals surface area contributed by atoms with E-state index < -0.39 is 15.9 Å².